The second-order valence-corrected chi connectivity index (χ2v) is 9.95. The summed E-state index contributed by atoms with van der Waals surface area (Å²) in [7, 11) is -1.65. The lowest BCUT2D eigenvalue weighted by Crippen LogP contribution is -2.40. The van der Waals surface area contributed by atoms with Crippen molar-refractivity contribution in [1.82, 2.24) is 0 Å². The second-order valence-electron chi connectivity index (χ2n) is 5.23. The molecule has 0 bridgehead atoms. The zero-order valence-electron chi connectivity index (χ0n) is 10.3. The Balaban J connectivity index is 4.22. The molecule has 0 amide bonds. The standard InChI is InChI=1S/C12H24OSi/c1-8-9-10-11(2)13-14(6,7)12(3,4)5/h8H,1-2,9-10H2,3-7H3. The van der Waals surface area contributed by atoms with Gasteiger partial charge < -0.3 is 4.43 Å². The highest BCUT2D eigenvalue weighted by atomic mass is 28.4. The normalized spacial score (nSPS) is 12.4. The molecule has 0 radical (unpaired) electrons. The van der Waals surface area contributed by atoms with Crippen molar-refractivity contribution in [2.75, 3.05) is 0 Å². The molecular weight excluding hydrogens is 188 g/mol. The minimum atomic E-state index is -1.65. The smallest absolute Gasteiger partial charge is 0.250 e. The molecular formula is C12H24OSi. The van der Waals surface area contributed by atoms with Crippen LogP contribution in [0.25, 0.3) is 0 Å². The molecule has 0 atom stereocenters. The Morgan fingerprint density at radius 1 is 1.36 bits per heavy atom. The molecule has 0 saturated carbocycles. The fourth-order valence-corrected chi connectivity index (χ4v) is 1.96. The maximum Gasteiger partial charge on any atom is 0.250 e. The van der Waals surface area contributed by atoms with Crippen LogP contribution < -0.4 is 0 Å². The summed E-state index contributed by atoms with van der Waals surface area (Å²) < 4.78 is 6.00. The van der Waals surface area contributed by atoms with Crippen molar-refractivity contribution in [2.24, 2.45) is 0 Å². The van der Waals surface area contributed by atoms with Gasteiger partial charge in [0.1, 0.15) is 0 Å². The van der Waals surface area contributed by atoms with E-state index in [1.807, 2.05) is 6.08 Å². The van der Waals surface area contributed by atoms with Crippen molar-refractivity contribution in [3.8, 4) is 0 Å². The van der Waals surface area contributed by atoms with Crippen LogP contribution in [0.5, 0.6) is 0 Å². The van der Waals surface area contributed by atoms with E-state index in [2.05, 4.69) is 47.0 Å². The minimum Gasteiger partial charge on any atom is -0.547 e. The molecule has 82 valence electrons. The van der Waals surface area contributed by atoms with Crippen molar-refractivity contribution in [3.63, 3.8) is 0 Å². The van der Waals surface area contributed by atoms with E-state index in [0.29, 0.717) is 0 Å². The Morgan fingerprint density at radius 3 is 2.21 bits per heavy atom. The summed E-state index contributed by atoms with van der Waals surface area (Å²) >= 11 is 0. The Bertz CT molecular complexity index is 211. The molecule has 14 heavy (non-hydrogen) atoms. The minimum absolute atomic E-state index is 0.254. The van der Waals surface area contributed by atoms with Gasteiger partial charge in [-0.05, 0) is 24.6 Å². The Morgan fingerprint density at radius 2 is 1.86 bits per heavy atom. The molecule has 0 aliphatic heterocycles. The van der Waals surface area contributed by atoms with E-state index >= 15 is 0 Å². The Kier molecular flexibility index (Phi) is 4.65. The molecule has 0 aromatic carbocycles. The zero-order chi connectivity index (χ0) is 11.4. The van der Waals surface area contributed by atoms with Gasteiger partial charge in [-0.1, -0.05) is 33.4 Å². The molecule has 0 spiro atoms. The summed E-state index contributed by atoms with van der Waals surface area (Å²) in [5, 5.41) is 0.254. The molecule has 0 fully saturated rings. The quantitative estimate of drug-likeness (QED) is 0.371. The van der Waals surface area contributed by atoms with Gasteiger partial charge in [0.05, 0.1) is 5.76 Å². The van der Waals surface area contributed by atoms with Crippen LogP contribution in [-0.4, -0.2) is 8.32 Å². The van der Waals surface area contributed by atoms with Crippen molar-refractivity contribution in [1.29, 1.82) is 0 Å². The highest BCUT2D eigenvalue weighted by molar-refractivity contribution is 6.74. The van der Waals surface area contributed by atoms with E-state index in [1.165, 1.54) is 0 Å². The first-order valence-electron chi connectivity index (χ1n) is 5.18. The number of allylic oxidation sites excluding steroid dienone is 2. The molecule has 0 aromatic heterocycles. The largest absolute Gasteiger partial charge is 0.547 e. The molecule has 0 heterocycles. The maximum atomic E-state index is 6.00. The van der Waals surface area contributed by atoms with Gasteiger partial charge in [-0.2, -0.15) is 0 Å². The zero-order valence-corrected chi connectivity index (χ0v) is 11.3. The lowest BCUT2D eigenvalue weighted by Gasteiger charge is -2.37. The van der Waals surface area contributed by atoms with Crippen LogP contribution in [0.15, 0.2) is 25.0 Å². The third-order valence-corrected chi connectivity index (χ3v) is 7.24. The van der Waals surface area contributed by atoms with Crippen LogP contribution in [0, 0.1) is 0 Å². The fourth-order valence-electron chi connectivity index (χ4n) is 0.828. The highest BCUT2D eigenvalue weighted by Crippen LogP contribution is 2.38. The molecule has 2 heteroatoms. The van der Waals surface area contributed by atoms with E-state index in [-0.39, 0.29) is 5.04 Å². The SMILES string of the molecule is C=CCCC(=C)O[Si](C)(C)C(C)(C)C. The molecule has 0 aliphatic carbocycles. The monoisotopic (exact) mass is 212 g/mol. The van der Waals surface area contributed by atoms with Gasteiger partial charge in [0.25, 0.3) is 0 Å². The molecule has 0 unspecified atom stereocenters. The Labute approximate surface area is 90.0 Å². The summed E-state index contributed by atoms with van der Waals surface area (Å²) in [6.07, 6.45) is 3.75. The predicted molar refractivity (Wildman–Crippen MR) is 66.9 cm³/mol. The molecule has 0 aliphatic rings. The van der Waals surface area contributed by atoms with Gasteiger partial charge in [0, 0.05) is 6.42 Å². The van der Waals surface area contributed by atoms with Gasteiger partial charge in [0.2, 0.25) is 8.32 Å². The van der Waals surface area contributed by atoms with E-state index in [4.69, 9.17) is 4.43 Å². The highest BCUT2D eigenvalue weighted by Gasteiger charge is 2.38. The fraction of sp³-hybridized carbons (Fsp3) is 0.667. The van der Waals surface area contributed by atoms with Crippen LogP contribution in [0.2, 0.25) is 18.1 Å². The van der Waals surface area contributed by atoms with E-state index in [0.717, 1.165) is 18.6 Å². The average Bonchev–Trinajstić information content (AvgIpc) is 1.97. The number of hydrogen-bond donors (Lipinski definition) is 0. The molecule has 0 rings (SSSR count). The van der Waals surface area contributed by atoms with Crippen molar-refractivity contribution >= 4 is 8.32 Å². The third kappa shape index (κ3) is 4.14. The summed E-state index contributed by atoms with van der Waals surface area (Å²) in [5.41, 5.74) is 0. The number of hydrogen-bond acceptors (Lipinski definition) is 1. The van der Waals surface area contributed by atoms with Crippen LogP contribution in [0.4, 0.5) is 0 Å². The summed E-state index contributed by atoms with van der Waals surface area (Å²) in [5.74, 6) is 0.913. The van der Waals surface area contributed by atoms with Crippen molar-refractivity contribution in [3.05, 3.63) is 25.0 Å². The van der Waals surface area contributed by atoms with E-state index in [9.17, 15) is 0 Å². The molecule has 0 aromatic rings. The molecule has 0 N–H and O–H groups in total. The number of rotatable bonds is 5. The third-order valence-electron chi connectivity index (χ3n) is 2.83. The predicted octanol–water partition coefficient (Wildman–Crippen LogP) is 4.49. The van der Waals surface area contributed by atoms with Gasteiger partial charge in [-0.15, -0.1) is 6.58 Å². The first-order valence-corrected chi connectivity index (χ1v) is 8.09. The van der Waals surface area contributed by atoms with E-state index in [1.54, 1.807) is 0 Å². The van der Waals surface area contributed by atoms with Crippen LogP contribution in [0.1, 0.15) is 33.6 Å². The van der Waals surface area contributed by atoms with Crippen LogP contribution in [-0.2, 0) is 4.43 Å². The first kappa shape index (κ1) is 13.5. The van der Waals surface area contributed by atoms with Crippen LogP contribution >= 0.6 is 0 Å². The lowest BCUT2D eigenvalue weighted by molar-refractivity contribution is 0.370. The van der Waals surface area contributed by atoms with Crippen molar-refractivity contribution < 1.29 is 4.43 Å². The van der Waals surface area contributed by atoms with Gasteiger partial charge >= 0.3 is 0 Å². The topological polar surface area (TPSA) is 9.23 Å². The lowest BCUT2D eigenvalue weighted by atomic mass is 10.2. The van der Waals surface area contributed by atoms with Crippen LogP contribution in [0.3, 0.4) is 0 Å². The maximum absolute atomic E-state index is 6.00. The Hall–Kier alpha value is -0.503. The molecule has 1 nitrogen and oxygen atoms in total. The first-order chi connectivity index (χ1) is 6.20. The molecule has 0 saturated heterocycles. The van der Waals surface area contributed by atoms with Gasteiger partial charge in [-0.25, -0.2) is 0 Å². The van der Waals surface area contributed by atoms with Gasteiger partial charge in [-0.3, -0.25) is 0 Å². The summed E-state index contributed by atoms with van der Waals surface area (Å²) in [4.78, 5) is 0. The summed E-state index contributed by atoms with van der Waals surface area (Å²) in [6, 6.07) is 0. The van der Waals surface area contributed by atoms with E-state index < -0.39 is 8.32 Å². The summed E-state index contributed by atoms with van der Waals surface area (Å²) in [6.45, 7) is 18.8. The van der Waals surface area contributed by atoms with Gasteiger partial charge in [0.15, 0.2) is 0 Å². The average molecular weight is 212 g/mol. The second kappa shape index (κ2) is 4.83. The van der Waals surface area contributed by atoms with Crippen molar-refractivity contribution in [2.45, 2.75) is 51.7 Å².